The fourth-order valence-electron chi connectivity index (χ4n) is 4.31. The third-order valence-electron chi connectivity index (χ3n) is 6.22. The lowest BCUT2D eigenvalue weighted by Crippen LogP contribution is -2.38. The Bertz CT molecular complexity index is 1600. The molecule has 0 aliphatic rings. The highest BCUT2D eigenvalue weighted by Gasteiger charge is 2.28. The molecule has 4 aromatic rings. The zero-order valence-corrected chi connectivity index (χ0v) is 23.0. The lowest BCUT2D eigenvalue weighted by molar-refractivity contribution is -0.126. The number of pyridine rings is 2. The van der Waals surface area contributed by atoms with Crippen molar-refractivity contribution in [3.05, 3.63) is 79.5 Å². The minimum Gasteiger partial charge on any atom is -0.295 e. The average Bonchev–Trinajstić information content (AvgIpc) is 2.89. The standard InChI is InChI=1S/C28H24Cl3N3O3/c1-5-23(35)34(24(36)6-2)26-15(3)28(37)33(4)27-21(26)14-20(16-7-9-17(29)10-8-16)25(32-27)19-12-11-18(30)13-22(19)31/h7-14H,5-6H2,1-4H3. The first kappa shape index (κ1) is 26.9. The predicted octanol–water partition coefficient (Wildman–Crippen LogP) is 7.22. The molecule has 4 rings (SSSR count). The molecule has 2 aromatic heterocycles. The number of aryl methyl sites for hydroxylation is 1. The number of benzene rings is 2. The molecule has 6 nitrogen and oxygen atoms in total. The summed E-state index contributed by atoms with van der Waals surface area (Å²) in [4.78, 5) is 45.3. The van der Waals surface area contributed by atoms with Crippen molar-refractivity contribution in [3.8, 4) is 22.4 Å². The minimum atomic E-state index is -0.401. The summed E-state index contributed by atoms with van der Waals surface area (Å²) in [5.41, 5.74) is 3.05. The van der Waals surface area contributed by atoms with Gasteiger partial charge in [0.1, 0.15) is 5.65 Å². The highest BCUT2D eigenvalue weighted by Crippen LogP contribution is 2.40. The fraction of sp³-hybridized carbons (Fsp3) is 0.214. The van der Waals surface area contributed by atoms with Crippen molar-refractivity contribution in [3.63, 3.8) is 0 Å². The van der Waals surface area contributed by atoms with Crippen LogP contribution in [-0.2, 0) is 16.6 Å². The second-order valence-corrected chi connectivity index (χ2v) is 9.83. The van der Waals surface area contributed by atoms with E-state index in [1.807, 2.05) is 18.2 Å². The van der Waals surface area contributed by atoms with Crippen LogP contribution in [0, 0.1) is 6.92 Å². The van der Waals surface area contributed by atoms with E-state index in [1.165, 1.54) is 4.57 Å². The summed E-state index contributed by atoms with van der Waals surface area (Å²) in [6.45, 7) is 4.96. The van der Waals surface area contributed by atoms with E-state index in [1.54, 1.807) is 58.2 Å². The summed E-state index contributed by atoms with van der Waals surface area (Å²) in [7, 11) is 1.61. The summed E-state index contributed by atoms with van der Waals surface area (Å²) in [6.07, 6.45) is 0.190. The number of amides is 2. The number of fused-ring (bicyclic) bond motifs is 1. The van der Waals surface area contributed by atoms with Crippen LogP contribution in [0.4, 0.5) is 5.69 Å². The van der Waals surface area contributed by atoms with Crippen LogP contribution < -0.4 is 10.5 Å². The second-order valence-electron chi connectivity index (χ2n) is 8.55. The third kappa shape index (κ3) is 4.89. The Balaban J connectivity index is 2.20. The number of aromatic nitrogens is 2. The maximum absolute atomic E-state index is 13.3. The number of halogens is 3. The summed E-state index contributed by atoms with van der Waals surface area (Å²) < 4.78 is 1.41. The van der Waals surface area contributed by atoms with E-state index in [0.717, 1.165) is 10.5 Å². The van der Waals surface area contributed by atoms with Crippen LogP contribution in [0.15, 0.2) is 53.3 Å². The summed E-state index contributed by atoms with van der Waals surface area (Å²) in [5, 5.41) is 1.91. The number of imide groups is 1. The highest BCUT2D eigenvalue weighted by molar-refractivity contribution is 6.36. The molecule has 0 bridgehead atoms. The lowest BCUT2D eigenvalue weighted by Gasteiger charge is -2.25. The Morgan fingerprint density at radius 2 is 1.49 bits per heavy atom. The van der Waals surface area contributed by atoms with E-state index in [9.17, 15) is 14.4 Å². The normalized spacial score (nSPS) is 11.1. The number of rotatable bonds is 5. The van der Waals surface area contributed by atoms with Crippen LogP contribution in [-0.4, -0.2) is 21.4 Å². The number of anilines is 1. The van der Waals surface area contributed by atoms with Gasteiger partial charge in [0.2, 0.25) is 11.8 Å². The molecule has 0 unspecified atom stereocenters. The predicted molar refractivity (Wildman–Crippen MR) is 151 cm³/mol. The molecule has 2 aromatic carbocycles. The molecule has 37 heavy (non-hydrogen) atoms. The number of carbonyl (C=O) groups is 2. The van der Waals surface area contributed by atoms with Gasteiger partial charge in [-0.15, -0.1) is 0 Å². The van der Waals surface area contributed by atoms with Crippen molar-refractivity contribution >= 4 is 63.3 Å². The summed E-state index contributed by atoms with van der Waals surface area (Å²) >= 11 is 18.9. The largest absolute Gasteiger partial charge is 0.295 e. The smallest absolute Gasteiger partial charge is 0.256 e. The number of nitrogens with zero attached hydrogens (tertiary/aromatic N) is 3. The molecule has 2 amide bonds. The molecule has 2 heterocycles. The van der Waals surface area contributed by atoms with Gasteiger partial charge in [-0.3, -0.25) is 19.0 Å². The maximum atomic E-state index is 13.3. The maximum Gasteiger partial charge on any atom is 0.256 e. The quantitative estimate of drug-likeness (QED) is 0.260. The SMILES string of the molecule is CCC(=O)N(C(=O)CC)c1c(C)c(=O)n(C)c2nc(-c3ccc(Cl)cc3Cl)c(-c3ccc(Cl)cc3)cc12. The Morgan fingerprint density at radius 1 is 0.892 bits per heavy atom. The van der Waals surface area contributed by atoms with Gasteiger partial charge >= 0.3 is 0 Å². The van der Waals surface area contributed by atoms with Crippen LogP contribution in [0.2, 0.25) is 15.1 Å². The zero-order valence-electron chi connectivity index (χ0n) is 20.7. The molecule has 0 saturated carbocycles. The van der Waals surface area contributed by atoms with E-state index in [4.69, 9.17) is 39.8 Å². The van der Waals surface area contributed by atoms with Crippen LogP contribution in [0.25, 0.3) is 33.4 Å². The highest BCUT2D eigenvalue weighted by atomic mass is 35.5. The van der Waals surface area contributed by atoms with Gasteiger partial charge < -0.3 is 0 Å². The van der Waals surface area contributed by atoms with Crippen molar-refractivity contribution in [2.45, 2.75) is 33.6 Å². The van der Waals surface area contributed by atoms with Gasteiger partial charge in [-0.25, -0.2) is 9.88 Å². The van der Waals surface area contributed by atoms with Crippen molar-refractivity contribution in [2.24, 2.45) is 7.05 Å². The van der Waals surface area contributed by atoms with Gasteiger partial charge in [0.05, 0.1) is 16.4 Å². The minimum absolute atomic E-state index is 0.0951. The van der Waals surface area contributed by atoms with Gasteiger partial charge in [0, 0.05) is 52.0 Å². The average molecular weight is 557 g/mol. The van der Waals surface area contributed by atoms with Gasteiger partial charge in [0.25, 0.3) is 5.56 Å². The first-order valence-corrected chi connectivity index (χ1v) is 12.8. The van der Waals surface area contributed by atoms with E-state index in [0.29, 0.717) is 42.9 Å². The van der Waals surface area contributed by atoms with E-state index >= 15 is 0 Å². The number of carbonyl (C=O) groups excluding carboxylic acids is 2. The Labute approximate surface area is 229 Å². The monoisotopic (exact) mass is 555 g/mol. The van der Waals surface area contributed by atoms with Gasteiger partial charge in [-0.2, -0.15) is 0 Å². The lowest BCUT2D eigenvalue weighted by atomic mass is 9.96. The molecule has 0 fully saturated rings. The Morgan fingerprint density at radius 3 is 2.05 bits per heavy atom. The second kappa shape index (κ2) is 10.7. The molecule has 0 spiro atoms. The fourth-order valence-corrected chi connectivity index (χ4v) is 4.94. The Kier molecular flexibility index (Phi) is 7.74. The molecule has 190 valence electrons. The molecule has 0 atom stereocenters. The number of hydrogen-bond donors (Lipinski definition) is 0. The van der Waals surface area contributed by atoms with E-state index in [-0.39, 0.29) is 29.7 Å². The first-order chi connectivity index (χ1) is 17.6. The molecular formula is C28H24Cl3N3O3. The molecule has 0 aliphatic heterocycles. The third-order valence-corrected chi connectivity index (χ3v) is 7.02. The van der Waals surface area contributed by atoms with Crippen LogP contribution in [0.5, 0.6) is 0 Å². The summed E-state index contributed by atoms with van der Waals surface area (Å²) in [6, 6.07) is 14.1. The first-order valence-electron chi connectivity index (χ1n) is 11.7. The van der Waals surface area contributed by atoms with Crippen LogP contribution in [0.1, 0.15) is 32.3 Å². The molecule has 0 N–H and O–H groups in total. The molecular weight excluding hydrogens is 533 g/mol. The van der Waals surface area contributed by atoms with E-state index in [2.05, 4.69) is 0 Å². The molecule has 0 saturated heterocycles. The van der Waals surface area contributed by atoms with Gasteiger partial charge in [0.15, 0.2) is 0 Å². The van der Waals surface area contributed by atoms with Crippen molar-refractivity contribution in [1.82, 2.24) is 9.55 Å². The van der Waals surface area contributed by atoms with Crippen molar-refractivity contribution in [2.75, 3.05) is 4.90 Å². The van der Waals surface area contributed by atoms with Crippen LogP contribution >= 0.6 is 34.8 Å². The molecule has 0 radical (unpaired) electrons. The Hall–Kier alpha value is -3.19. The van der Waals surface area contributed by atoms with Gasteiger partial charge in [-0.05, 0) is 48.9 Å². The van der Waals surface area contributed by atoms with Crippen LogP contribution in [0.3, 0.4) is 0 Å². The topological polar surface area (TPSA) is 72.3 Å². The van der Waals surface area contributed by atoms with E-state index < -0.39 is 11.8 Å². The molecule has 9 heteroatoms. The van der Waals surface area contributed by atoms with Gasteiger partial charge in [-0.1, -0.05) is 60.8 Å². The van der Waals surface area contributed by atoms with Crippen molar-refractivity contribution in [1.29, 1.82) is 0 Å². The summed E-state index contributed by atoms with van der Waals surface area (Å²) in [5.74, 6) is -0.801. The van der Waals surface area contributed by atoms with Crippen molar-refractivity contribution < 1.29 is 9.59 Å². The zero-order chi connectivity index (χ0) is 27.0. The molecule has 0 aliphatic carbocycles. The number of hydrogen-bond acceptors (Lipinski definition) is 4.